The van der Waals surface area contributed by atoms with Crippen LogP contribution in [-0.2, 0) is 11.2 Å². The maximum Gasteiger partial charge on any atom is 0.0737 e. The average Bonchev–Trinajstić information content (AvgIpc) is 2.20. The van der Waals surface area contributed by atoms with Gasteiger partial charge < -0.3 is 9.84 Å². The molecule has 0 heterocycles. The first-order chi connectivity index (χ1) is 7.63. The second kappa shape index (κ2) is 4.86. The summed E-state index contributed by atoms with van der Waals surface area (Å²) in [7, 11) is 0. The fraction of sp³-hybridized carbons (Fsp3) is 0.538. The third-order valence-electron chi connectivity index (χ3n) is 3.09. The topological polar surface area (TPSA) is 29.5 Å². The summed E-state index contributed by atoms with van der Waals surface area (Å²) in [5.74, 6) is 0. The highest BCUT2D eigenvalue weighted by Crippen LogP contribution is 2.38. The molecule has 1 aliphatic carbocycles. The highest BCUT2D eigenvalue weighted by molar-refractivity contribution is 9.10. The Labute approximate surface area is 105 Å². The fourth-order valence-electron chi connectivity index (χ4n) is 2.28. The van der Waals surface area contributed by atoms with E-state index in [1.54, 1.807) is 0 Å². The summed E-state index contributed by atoms with van der Waals surface area (Å²) in [6.45, 7) is 2.72. The largest absolute Gasteiger partial charge is 0.389 e. The number of hydrogen-bond donors (Lipinski definition) is 1. The van der Waals surface area contributed by atoms with Crippen LogP contribution in [0.15, 0.2) is 28.7 Å². The van der Waals surface area contributed by atoms with Gasteiger partial charge in [0.05, 0.1) is 11.7 Å². The molecule has 0 saturated heterocycles. The Balaban J connectivity index is 1.94. The lowest BCUT2D eigenvalue weighted by molar-refractivity contribution is -0.136. The van der Waals surface area contributed by atoms with Gasteiger partial charge in [-0.2, -0.15) is 0 Å². The molecule has 1 fully saturated rings. The van der Waals surface area contributed by atoms with Crippen LogP contribution in [0.1, 0.15) is 25.3 Å². The van der Waals surface area contributed by atoms with Crippen LogP contribution < -0.4 is 0 Å². The third kappa shape index (κ3) is 2.65. The van der Waals surface area contributed by atoms with Crippen molar-refractivity contribution in [3.8, 4) is 0 Å². The molecule has 2 rings (SSSR count). The van der Waals surface area contributed by atoms with Gasteiger partial charge in [-0.3, -0.25) is 0 Å². The van der Waals surface area contributed by atoms with Gasteiger partial charge in [-0.25, -0.2) is 0 Å². The first-order valence-corrected chi connectivity index (χ1v) is 6.50. The second-order valence-electron chi connectivity index (χ2n) is 4.48. The van der Waals surface area contributed by atoms with Gasteiger partial charge in [0.2, 0.25) is 0 Å². The summed E-state index contributed by atoms with van der Waals surface area (Å²) in [6, 6.07) is 8.05. The molecule has 88 valence electrons. The first-order valence-electron chi connectivity index (χ1n) is 5.70. The molecule has 0 spiro atoms. The van der Waals surface area contributed by atoms with Crippen molar-refractivity contribution in [2.45, 2.75) is 37.9 Å². The van der Waals surface area contributed by atoms with Gasteiger partial charge in [-0.1, -0.05) is 34.1 Å². The maximum absolute atomic E-state index is 10.3. The van der Waals surface area contributed by atoms with Crippen LogP contribution in [0.3, 0.4) is 0 Å². The van der Waals surface area contributed by atoms with Gasteiger partial charge in [0.1, 0.15) is 0 Å². The molecule has 3 heteroatoms. The van der Waals surface area contributed by atoms with Gasteiger partial charge in [-0.05, 0) is 18.6 Å². The second-order valence-corrected chi connectivity index (χ2v) is 5.33. The predicted molar refractivity (Wildman–Crippen MR) is 67.4 cm³/mol. The molecule has 0 bridgehead atoms. The molecular formula is C13H17BrO2. The molecule has 2 nitrogen and oxygen atoms in total. The molecule has 1 saturated carbocycles. The number of hydrogen-bond acceptors (Lipinski definition) is 2. The van der Waals surface area contributed by atoms with Crippen molar-refractivity contribution in [1.29, 1.82) is 0 Å². The van der Waals surface area contributed by atoms with Crippen molar-refractivity contribution >= 4 is 15.9 Å². The lowest BCUT2D eigenvalue weighted by Crippen LogP contribution is -2.49. The van der Waals surface area contributed by atoms with E-state index in [4.69, 9.17) is 4.74 Å². The van der Waals surface area contributed by atoms with E-state index in [1.807, 2.05) is 25.1 Å². The number of ether oxygens (including phenoxy) is 1. The molecule has 1 aromatic carbocycles. The Morgan fingerprint density at radius 1 is 1.44 bits per heavy atom. The van der Waals surface area contributed by atoms with E-state index in [9.17, 15) is 5.11 Å². The van der Waals surface area contributed by atoms with Crippen LogP contribution in [-0.4, -0.2) is 23.4 Å². The quantitative estimate of drug-likeness (QED) is 0.921. The normalized spacial score (nSPS) is 28.8. The standard InChI is InChI=1S/C13H17BrO2/c1-2-16-11-8-13(15,9-11)7-10-5-3-4-6-12(10)14/h3-6,11,15H,2,7-9H2,1H3. The van der Waals surface area contributed by atoms with Gasteiger partial charge in [0.15, 0.2) is 0 Å². The monoisotopic (exact) mass is 284 g/mol. The van der Waals surface area contributed by atoms with Gasteiger partial charge in [-0.15, -0.1) is 0 Å². The molecule has 0 amide bonds. The minimum absolute atomic E-state index is 0.248. The van der Waals surface area contributed by atoms with E-state index in [-0.39, 0.29) is 6.10 Å². The lowest BCUT2D eigenvalue weighted by atomic mass is 9.73. The molecule has 1 N–H and O–H groups in total. The summed E-state index contributed by atoms with van der Waals surface area (Å²) in [4.78, 5) is 0. The molecular weight excluding hydrogens is 268 g/mol. The summed E-state index contributed by atoms with van der Waals surface area (Å²) in [5.41, 5.74) is 0.601. The maximum atomic E-state index is 10.3. The summed E-state index contributed by atoms with van der Waals surface area (Å²) in [5, 5.41) is 10.3. The van der Waals surface area contributed by atoms with Crippen molar-refractivity contribution in [3.05, 3.63) is 34.3 Å². The Kier molecular flexibility index (Phi) is 3.67. The smallest absolute Gasteiger partial charge is 0.0737 e. The highest BCUT2D eigenvalue weighted by atomic mass is 79.9. The van der Waals surface area contributed by atoms with Gasteiger partial charge in [0, 0.05) is 30.3 Å². The van der Waals surface area contributed by atoms with E-state index in [1.165, 1.54) is 5.56 Å². The zero-order chi connectivity index (χ0) is 11.6. The van der Waals surface area contributed by atoms with Gasteiger partial charge >= 0.3 is 0 Å². The van der Waals surface area contributed by atoms with E-state index in [0.29, 0.717) is 6.42 Å². The first kappa shape index (κ1) is 12.1. The van der Waals surface area contributed by atoms with Crippen LogP contribution >= 0.6 is 15.9 Å². The van der Waals surface area contributed by atoms with E-state index < -0.39 is 5.60 Å². The summed E-state index contributed by atoms with van der Waals surface area (Å²) in [6.07, 6.45) is 2.46. The Morgan fingerprint density at radius 3 is 2.75 bits per heavy atom. The molecule has 0 aromatic heterocycles. The van der Waals surface area contributed by atoms with E-state index in [0.717, 1.165) is 23.9 Å². The van der Waals surface area contributed by atoms with E-state index >= 15 is 0 Å². The van der Waals surface area contributed by atoms with Gasteiger partial charge in [0.25, 0.3) is 0 Å². The zero-order valence-electron chi connectivity index (χ0n) is 9.45. The van der Waals surface area contributed by atoms with Crippen LogP contribution in [0.4, 0.5) is 0 Å². The van der Waals surface area contributed by atoms with Crippen LogP contribution in [0.25, 0.3) is 0 Å². The molecule has 1 aromatic rings. The minimum Gasteiger partial charge on any atom is -0.389 e. The predicted octanol–water partition coefficient (Wildman–Crippen LogP) is 2.92. The summed E-state index contributed by atoms with van der Waals surface area (Å²) >= 11 is 3.51. The van der Waals surface area contributed by atoms with Crippen molar-refractivity contribution < 1.29 is 9.84 Å². The SMILES string of the molecule is CCOC1CC(O)(Cc2ccccc2Br)C1. The molecule has 0 radical (unpaired) electrons. The van der Waals surface area contributed by atoms with Crippen LogP contribution in [0.2, 0.25) is 0 Å². The van der Waals surface area contributed by atoms with Crippen LogP contribution in [0, 0.1) is 0 Å². The number of aliphatic hydroxyl groups is 1. The molecule has 0 atom stereocenters. The van der Waals surface area contributed by atoms with Crippen molar-refractivity contribution in [1.82, 2.24) is 0 Å². The Hall–Kier alpha value is -0.380. The highest BCUT2D eigenvalue weighted by Gasteiger charge is 2.43. The third-order valence-corrected chi connectivity index (χ3v) is 3.87. The lowest BCUT2D eigenvalue weighted by Gasteiger charge is -2.43. The van der Waals surface area contributed by atoms with Crippen molar-refractivity contribution in [2.24, 2.45) is 0 Å². The summed E-state index contributed by atoms with van der Waals surface area (Å²) < 4.78 is 6.54. The average molecular weight is 285 g/mol. The molecule has 0 aliphatic heterocycles. The van der Waals surface area contributed by atoms with Crippen molar-refractivity contribution in [3.63, 3.8) is 0 Å². The zero-order valence-corrected chi connectivity index (χ0v) is 11.0. The number of benzene rings is 1. The fourth-order valence-corrected chi connectivity index (χ4v) is 2.71. The Morgan fingerprint density at radius 2 is 2.12 bits per heavy atom. The van der Waals surface area contributed by atoms with Crippen molar-refractivity contribution in [2.75, 3.05) is 6.61 Å². The molecule has 1 aliphatic rings. The Bertz CT molecular complexity index is 359. The van der Waals surface area contributed by atoms with Crippen LogP contribution in [0.5, 0.6) is 0 Å². The minimum atomic E-state index is -0.566. The molecule has 0 unspecified atom stereocenters. The number of rotatable bonds is 4. The van der Waals surface area contributed by atoms with E-state index in [2.05, 4.69) is 22.0 Å². The molecule has 16 heavy (non-hydrogen) atoms. The number of halogens is 1.